The molecule has 0 fully saturated rings. The van der Waals surface area contributed by atoms with Crippen molar-refractivity contribution >= 4 is 24.2 Å². The third kappa shape index (κ3) is 4.81. The molecule has 7 heteroatoms. The SMILES string of the molecule is O=C(N/N=C/c1ccccc1O)NSc1ccc(F)cc1. The highest BCUT2D eigenvalue weighted by atomic mass is 32.2. The number of rotatable bonds is 4. The lowest BCUT2D eigenvalue weighted by Crippen LogP contribution is -2.27. The van der Waals surface area contributed by atoms with Crippen LogP contribution in [-0.4, -0.2) is 17.4 Å². The molecule has 0 radical (unpaired) electrons. The number of para-hydroxylation sites is 1. The fraction of sp³-hybridized carbons (Fsp3) is 0. The number of carbonyl (C=O) groups excluding carboxylic acids is 1. The lowest BCUT2D eigenvalue weighted by atomic mass is 10.2. The van der Waals surface area contributed by atoms with Gasteiger partial charge < -0.3 is 5.11 Å². The third-order valence-electron chi connectivity index (χ3n) is 2.38. The number of nitrogens with one attached hydrogen (secondary N) is 2. The summed E-state index contributed by atoms with van der Waals surface area (Å²) in [7, 11) is 0. The quantitative estimate of drug-likeness (QED) is 0.462. The summed E-state index contributed by atoms with van der Waals surface area (Å²) in [5.41, 5.74) is 2.74. The van der Waals surface area contributed by atoms with Gasteiger partial charge in [-0.25, -0.2) is 14.6 Å². The first kappa shape index (κ1) is 14.9. The standard InChI is InChI=1S/C14H12FN3O2S/c15-11-5-7-12(8-6-11)21-18-14(20)17-16-9-10-3-1-2-4-13(10)19/h1-9,19H,(H2,17,18,20)/b16-9+. The zero-order valence-electron chi connectivity index (χ0n) is 10.8. The van der Waals surface area contributed by atoms with E-state index in [0.717, 1.165) is 11.9 Å². The van der Waals surface area contributed by atoms with E-state index in [9.17, 15) is 14.3 Å². The molecule has 3 N–H and O–H groups in total. The van der Waals surface area contributed by atoms with Crippen molar-refractivity contribution in [3.63, 3.8) is 0 Å². The maximum atomic E-state index is 12.7. The Labute approximate surface area is 125 Å². The molecule has 0 saturated heterocycles. The Morgan fingerprint density at radius 3 is 2.62 bits per heavy atom. The van der Waals surface area contributed by atoms with Gasteiger partial charge in [0.25, 0.3) is 0 Å². The Morgan fingerprint density at radius 1 is 1.19 bits per heavy atom. The molecule has 0 heterocycles. The van der Waals surface area contributed by atoms with Gasteiger partial charge in [0, 0.05) is 10.5 Å². The van der Waals surface area contributed by atoms with Crippen LogP contribution in [0.4, 0.5) is 9.18 Å². The number of phenolic OH excluding ortho intramolecular Hbond substituents is 1. The molecule has 0 saturated carbocycles. The largest absolute Gasteiger partial charge is 0.507 e. The van der Waals surface area contributed by atoms with Gasteiger partial charge in [0.2, 0.25) is 0 Å². The van der Waals surface area contributed by atoms with Crippen LogP contribution < -0.4 is 10.1 Å². The molecule has 0 unspecified atom stereocenters. The maximum absolute atomic E-state index is 12.7. The zero-order chi connectivity index (χ0) is 15.1. The predicted octanol–water partition coefficient (Wildman–Crippen LogP) is 2.87. The van der Waals surface area contributed by atoms with Crippen molar-refractivity contribution in [3.05, 3.63) is 59.9 Å². The monoisotopic (exact) mass is 305 g/mol. The summed E-state index contributed by atoms with van der Waals surface area (Å²) in [5, 5.41) is 13.2. The molecule has 21 heavy (non-hydrogen) atoms. The second-order valence-corrected chi connectivity index (χ2v) is 4.80. The van der Waals surface area contributed by atoms with Crippen LogP contribution in [0.15, 0.2) is 58.5 Å². The van der Waals surface area contributed by atoms with Crippen LogP contribution in [0.2, 0.25) is 0 Å². The van der Waals surface area contributed by atoms with E-state index in [0.29, 0.717) is 10.5 Å². The molecule has 0 aromatic heterocycles. The fourth-order valence-corrected chi connectivity index (χ4v) is 1.92. The first-order valence-electron chi connectivity index (χ1n) is 5.94. The summed E-state index contributed by atoms with van der Waals surface area (Å²) in [5.74, 6) is -0.264. The van der Waals surface area contributed by atoms with Crippen molar-refractivity contribution in [2.24, 2.45) is 5.10 Å². The molecule has 0 aliphatic heterocycles. The summed E-state index contributed by atoms with van der Waals surface area (Å²) in [6.45, 7) is 0. The van der Waals surface area contributed by atoms with Crippen molar-refractivity contribution < 1.29 is 14.3 Å². The molecular weight excluding hydrogens is 293 g/mol. The predicted molar refractivity (Wildman–Crippen MR) is 79.6 cm³/mol. The highest BCUT2D eigenvalue weighted by Crippen LogP contribution is 2.14. The highest BCUT2D eigenvalue weighted by Gasteiger charge is 2.00. The average molecular weight is 305 g/mol. The van der Waals surface area contributed by atoms with Gasteiger partial charge in [0.15, 0.2) is 0 Å². The Kier molecular flexibility index (Phi) is 5.16. The van der Waals surface area contributed by atoms with Crippen molar-refractivity contribution in [1.82, 2.24) is 10.1 Å². The van der Waals surface area contributed by atoms with E-state index in [1.165, 1.54) is 24.4 Å². The van der Waals surface area contributed by atoms with Gasteiger partial charge in [-0.3, -0.25) is 4.72 Å². The van der Waals surface area contributed by atoms with E-state index in [2.05, 4.69) is 15.2 Å². The van der Waals surface area contributed by atoms with Gasteiger partial charge >= 0.3 is 6.03 Å². The summed E-state index contributed by atoms with van der Waals surface area (Å²) >= 11 is 1.03. The van der Waals surface area contributed by atoms with E-state index in [4.69, 9.17) is 0 Å². The van der Waals surface area contributed by atoms with Gasteiger partial charge in [-0.05, 0) is 48.3 Å². The van der Waals surface area contributed by atoms with Gasteiger partial charge in [-0.1, -0.05) is 12.1 Å². The average Bonchev–Trinajstić information content (AvgIpc) is 2.49. The van der Waals surface area contributed by atoms with Crippen molar-refractivity contribution in [1.29, 1.82) is 0 Å². The minimum atomic E-state index is -0.531. The van der Waals surface area contributed by atoms with Gasteiger partial charge in [-0.15, -0.1) is 0 Å². The Balaban J connectivity index is 1.80. The molecule has 0 atom stereocenters. The summed E-state index contributed by atoms with van der Waals surface area (Å²) in [6.07, 6.45) is 1.33. The van der Waals surface area contributed by atoms with Gasteiger partial charge in [0.1, 0.15) is 11.6 Å². The first-order chi connectivity index (χ1) is 10.1. The van der Waals surface area contributed by atoms with Crippen LogP contribution >= 0.6 is 11.9 Å². The summed E-state index contributed by atoms with van der Waals surface area (Å²) < 4.78 is 15.2. The second kappa shape index (κ2) is 7.30. The number of carbonyl (C=O) groups is 1. The molecule has 108 valence electrons. The molecule has 2 aromatic rings. The van der Waals surface area contributed by atoms with E-state index < -0.39 is 6.03 Å². The second-order valence-electron chi connectivity index (χ2n) is 3.92. The minimum absolute atomic E-state index is 0.0733. The number of benzene rings is 2. The van der Waals surface area contributed by atoms with Crippen LogP contribution in [0.3, 0.4) is 0 Å². The normalized spacial score (nSPS) is 10.5. The van der Waals surface area contributed by atoms with Gasteiger partial charge in [-0.2, -0.15) is 5.10 Å². The molecule has 0 aliphatic carbocycles. The minimum Gasteiger partial charge on any atom is -0.507 e. The number of aromatic hydroxyl groups is 1. The number of phenols is 1. The van der Waals surface area contributed by atoms with Crippen LogP contribution in [0.25, 0.3) is 0 Å². The number of hydrogen-bond donors (Lipinski definition) is 3. The van der Waals surface area contributed by atoms with Crippen molar-refractivity contribution in [2.75, 3.05) is 0 Å². The van der Waals surface area contributed by atoms with E-state index in [1.54, 1.807) is 30.3 Å². The molecule has 0 bridgehead atoms. The van der Waals surface area contributed by atoms with Crippen molar-refractivity contribution in [3.8, 4) is 5.75 Å². The maximum Gasteiger partial charge on any atom is 0.345 e. The van der Waals surface area contributed by atoms with Crippen LogP contribution in [0, 0.1) is 5.82 Å². The first-order valence-corrected chi connectivity index (χ1v) is 6.76. The Morgan fingerprint density at radius 2 is 1.90 bits per heavy atom. The third-order valence-corrected chi connectivity index (χ3v) is 3.18. The van der Waals surface area contributed by atoms with E-state index in [-0.39, 0.29) is 11.6 Å². The molecule has 0 aliphatic rings. The van der Waals surface area contributed by atoms with Crippen molar-refractivity contribution in [2.45, 2.75) is 4.90 Å². The van der Waals surface area contributed by atoms with E-state index >= 15 is 0 Å². The van der Waals surface area contributed by atoms with E-state index in [1.807, 2.05) is 0 Å². The Bertz CT molecular complexity index is 647. The summed E-state index contributed by atoms with van der Waals surface area (Å²) in [4.78, 5) is 12.2. The molecule has 2 amide bonds. The van der Waals surface area contributed by atoms with Crippen LogP contribution in [-0.2, 0) is 0 Å². The zero-order valence-corrected chi connectivity index (χ0v) is 11.6. The molecule has 2 rings (SSSR count). The van der Waals surface area contributed by atoms with Gasteiger partial charge in [0.05, 0.1) is 6.21 Å². The summed E-state index contributed by atoms with van der Waals surface area (Å²) in [6, 6.07) is 11.8. The number of hydrazone groups is 1. The topological polar surface area (TPSA) is 73.7 Å². The molecule has 0 spiro atoms. The number of amides is 2. The van der Waals surface area contributed by atoms with Crippen LogP contribution in [0.5, 0.6) is 5.75 Å². The lowest BCUT2D eigenvalue weighted by Gasteiger charge is -2.03. The molecule has 2 aromatic carbocycles. The van der Waals surface area contributed by atoms with Crippen LogP contribution in [0.1, 0.15) is 5.56 Å². The fourth-order valence-electron chi connectivity index (χ4n) is 1.39. The Hall–Kier alpha value is -2.54. The number of nitrogens with zero attached hydrogens (tertiary/aromatic N) is 1. The molecular formula is C14H12FN3O2S. The smallest absolute Gasteiger partial charge is 0.345 e. The number of urea groups is 1. The number of hydrogen-bond acceptors (Lipinski definition) is 4. The number of halogens is 1. The lowest BCUT2D eigenvalue weighted by molar-refractivity contribution is 0.247. The molecule has 5 nitrogen and oxygen atoms in total. The highest BCUT2D eigenvalue weighted by molar-refractivity contribution is 7.98.